The lowest BCUT2D eigenvalue weighted by Crippen LogP contribution is -2.46. The van der Waals surface area contributed by atoms with Gasteiger partial charge in [0.1, 0.15) is 0 Å². The molecule has 5 nitrogen and oxygen atoms in total. The molecule has 0 bridgehead atoms. The largest absolute Gasteiger partial charge is 0.335 e. The molecule has 0 aliphatic carbocycles. The van der Waals surface area contributed by atoms with Crippen molar-refractivity contribution in [1.29, 1.82) is 0 Å². The normalized spacial score (nSPS) is 21.1. The fourth-order valence-corrected chi connectivity index (χ4v) is 3.56. The molecular formula is C18H22N2O3. The van der Waals surface area contributed by atoms with Crippen molar-refractivity contribution in [1.82, 2.24) is 9.80 Å². The number of imide groups is 1. The summed E-state index contributed by atoms with van der Waals surface area (Å²) in [6, 6.07) is 5.08. The number of carbonyl (C=O) groups is 3. The second-order valence-corrected chi connectivity index (χ2v) is 6.74. The van der Waals surface area contributed by atoms with E-state index in [1.165, 1.54) is 7.05 Å². The van der Waals surface area contributed by atoms with E-state index in [4.69, 9.17) is 0 Å². The van der Waals surface area contributed by atoms with Crippen LogP contribution in [0.5, 0.6) is 0 Å². The highest BCUT2D eigenvalue weighted by atomic mass is 16.2. The summed E-state index contributed by atoms with van der Waals surface area (Å²) in [4.78, 5) is 40.0. The van der Waals surface area contributed by atoms with Crippen LogP contribution in [0.4, 0.5) is 0 Å². The summed E-state index contributed by atoms with van der Waals surface area (Å²) in [6.07, 6.45) is 3.18. The van der Waals surface area contributed by atoms with Gasteiger partial charge in [-0.3, -0.25) is 19.3 Å². The molecule has 1 aromatic rings. The number of carbonyl (C=O) groups excluding carboxylic acids is 3. The minimum Gasteiger partial charge on any atom is -0.335 e. The van der Waals surface area contributed by atoms with E-state index >= 15 is 0 Å². The van der Waals surface area contributed by atoms with Crippen molar-refractivity contribution < 1.29 is 14.4 Å². The summed E-state index contributed by atoms with van der Waals surface area (Å²) in [6.45, 7) is 5.03. The first kappa shape index (κ1) is 15.7. The molecule has 3 amide bonds. The SMILES string of the molecule is CC(C)C1CCCCN1C(=O)c1ccc2c(c1)C(=O)N(C)C2=O. The second-order valence-electron chi connectivity index (χ2n) is 6.74. The maximum absolute atomic E-state index is 12.9. The van der Waals surface area contributed by atoms with Gasteiger partial charge in [0, 0.05) is 25.2 Å². The number of hydrogen-bond donors (Lipinski definition) is 0. The van der Waals surface area contributed by atoms with Gasteiger partial charge in [-0.2, -0.15) is 0 Å². The van der Waals surface area contributed by atoms with Gasteiger partial charge < -0.3 is 4.90 Å². The van der Waals surface area contributed by atoms with Crippen LogP contribution in [0.1, 0.15) is 64.2 Å². The van der Waals surface area contributed by atoms with Gasteiger partial charge in [-0.05, 0) is 43.4 Å². The Morgan fingerprint density at radius 2 is 1.83 bits per heavy atom. The molecule has 3 rings (SSSR count). The zero-order valence-corrected chi connectivity index (χ0v) is 13.8. The Kier molecular flexibility index (Phi) is 3.96. The molecule has 122 valence electrons. The van der Waals surface area contributed by atoms with Gasteiger partial charge in [0.15, 0.2) is 0 Å². The van der Waals surface area contributed by atoms with Gasteiger partial charge >= 0.3 is 0 Å². The molecule has 0 saturated carbocycles. The Morgan fingerprint density at radius 3 is 2.52 bits per heavy atom. The molecule has 1 unspecified atom stereocenters. The standard InChI is InChI=1S/C18H22N2O3/c1-11(2)15-6-4-5-9-20(15)16(21)12-7-8-13-14(10-12)18(23)19(3)17(13)22/h7-8,10-11,15H,4-6,9H2,1-3H3. The van der Waals surface area contributed by atoms with E-state index in [-0.39, 0.29) is 23.8 Å². The first-order valence-corrected chi connectivity index (χ1v) is 8.19. The summed E-state index contributed by atoms with van der Waals surface area (Å²) in [5, 5.41) is 0. The summed E-state index contributed by atoms with van der Waals surface area (Å²) in [7, 11) is 1.46. The van der Waals surface area contributed by atoms with Crippen LogP contribution in [0.15, 0.2) is 18.2 Å². The van der Waals surface area contributed by atoms with Crippen molar-refractivity contribution in [2.45, 2.75) is 39.2 Å². The molecular weight excluding hydrogens is 292 g/mol. The van der Waals surface area contributed by atoms with E-state index in [9.17, 15) is 14.4 Å². The smallest absolute Gasteiger partial charge is 0.261 e. The molecule has 2 aliphatic heterocycles. The molecule has 0 aromatic heterocycles. The fourth-order valence-electron chi connectivity index (χ4n) is 3.56. The predicted molar refractivity (Wildman–Crippen MR) is 86.4 cm³/mol. The van der Waals surface area contributed by atoms with Crippen molar-refractivity contribution in [2.75, 3.05) is 13.6 Å². The topological polar surface area (TPSA) is 57.7 Å². The maximum atomic E-state index is 12.9. The van der Waals surface area contributed by atoms with Gasteiger partial charge in [0.25, 0.3) is 17.7 Å². The molecule has 2 heterocycles. The van der Waals surface area contributed by atoms with E-state index in [0.29, 0.717) is 22.6 Å². The lowest BCUT2D eigenvalue weighted by Gasteiger charge is -2.38. The molecule has 0 radical (unpaired) electrons. The summed E-state index contributed by atoms with van der Waals surface area (Å²) in [5.74, 6) is -0.273. The number of likely N-dealkylation sites (tertiary alicyclic amines) is 1. The quantitative estimate of drug-likeness (QED) is 0.788. The molecule has 23 heavy (non-hydrogen) atoms. The van der Waals surface area contributed by atoms with E-state index in [0.717, 1.165) is 30.7 Å². The van der Waals surface area contributed by atoms with Crippen LogP contribution in [-0.4, -0.2) is 47.2 Å². The number of benzene rings is 1. The monoisotopic (exact) mass is 314 g/mol. The third-order valence-electron chi connectivity index (χ3n) is 4.92. The number of hydrogen-bond acceptors (Lipinski definition) is 3. The van der Waals surface area contributed by atoms with Gasteiger partial charge in [-0.15, -0.1) is 0 Å². The van der Waals surface area contributed by atoms with E-state index in [1.807, 2.05) is 4.90 Å². The van der Waals surface area contributed by atoms with Crippen LogP contribution in [0.3, 0.4) is 0 Å². The van der Waals surface area contributed by atoms with Crippen LogP contribution in [0, 0.1) is 5.92 Å². The van der Waals surface area contributed by atoms with Crippen molar-refractivity contribution in [3.63, 3.8) is 0 Å². The van der Waals surface area contributed by atoms with Gasteiger partial charge in [-0.1, -0.05) is 13.8 Å². The van der Waals surface area contributed by atoms with E-state index in [1.54, 1.807) is 18.2 Å². The van der Waals surface area contributed by atoms with Crippen molar-refractivity contribution in [2.24, 2.45) is 5.92 Å². The number of piperidine rings is 1. The number of rotatable bonds is 2. The molecule has 2 aliphatic rings. The van der Waals surface area contributed by atoms with Crippen molar-refractivity contribution >= 4 is 17.7 Å². The second kappa shape index (κ2) is 5.80. The van der Waals surface area contributed by atoms with Crippen molar-refractivity contribution in [3.8, 4) is 0 Å². The zero-order chi connectivity index (χ0) is 16.7. The van der Waals surface area contributed by atoms with Crippen LogP contribution in [-0.2, 0) is 0 Å². The molecule has 1 atom stereocenters. The highest BCUT2D eigenvalue weighted by Crippen LogP contribution is 2.27. The van der Waals surface area contributed by atoms with Gasteiger partial charge in [0.2, 0.25) is 0 Å². The molecule has 5 heteroatoms. The lowest BCUT2D eigenvalue weighted by atomic mass is 9.92. The van der Waals surface area contributed by atoms with Crippen LogP contribution >= 0.6 is 0 Å². The average Bonchev–Trinajstić information content (AvgIpc) is 2.78. The first-order chi connectivity index (χ1) is 10.9. The summed E-state index contributed by atoms with van der Waals surface area (Å²) in [5.41, 5.74) is 1.21. The molecule has 1 aromatic carbocycles. The third-order valence-corrected chi connectivity index (χ3v) is 4.92. The van der Waals surface area contributed by atoms with Crippen molar-refractivity contribution in [3.05, 3.63) is 34.9 Å². The van der Waals surface area contributed by atoms with E-state index < -0.39 is 0 Å². The number of nitrogens with zero attached hydrogens (tertiary/aromatic N) is 2. The summed E-state index contributed by atoms with van der Waals surface area (Å²) < 4.78 is 0. The minimum absolute atomic E-state index is 0.0407. The Morgan fingerprint density at radius 1 is 1.13 bits per heavy atom. The molecule has 1 saturated heterocycles. The first-order valence-electron chi connectivity index (χ1n) is 8.19. The third kappa shape index (κ3) is 2.54. The summed E-state index contributed by atoms with van der Waals surface area (Å²) >= 11 is 0. The highest BCUT2D eigenvalue weighted by Gasteiger charge is 2.35. The van der Waals surface area contributed by atoms with Crippen LogP contribution in [0.25, 0.3) is 0 Å². The lowest BCUT2D eigenvalue weighted by molar-refractivity contribution is 0.0543. The maximum Gasteiger partial charge on any atom is 0.261 e. The molecule has 0 spiro atoms. The fraction of sp³-hybridized carbons (Fsp3) is 0.500. The average molecular weight is 314 g/mol. The molecule has 1 fully saturated rings. The Labute approximate surface area is 136 Å². The van der Waals surface area contributed by atoms with Gasteiger partial charge in [0.05, 0.1) is 11.1 Å². The molecule has 0 N–H and O–H groups in total. The van der Waals surface area contributed by atoms with Crippen LogP contribution in [0.2, 0.25) is 0 Å². The number of amides is 3. The van der Waals surface area contributed by atoms with E-state index in [2.05, 4.69) is 13.8 Å². The Hall–Kier alpha value is -2.17. The highest BCUT2D eigenvalue weighted by molar-refractivity contribution is 6.21. The zero-order valence-electron chi connectivity index (χ0n) is 13.8. The Balaban J connectivity index is 1.92. The predicted octanol–water partition coefficient (Wildman–Crippen LogP) is 2.56. The number of fused-ring (bicyclic) bond motifs is 1. The Bertz CT molecular complexity index is 681. The minimum atomic E-state index is -0.335. The van der Waals surface area contributed by atoms with Crippen LogP contribution < -0.4 is 0 Å². The van der Waals surface area contributed by atoms with Gasteiger partial charge in [-0.25, -0.2) is 0 Å².